The van der Waals surface area contributed by atoms with Crippen molar-refractivity contribution in [2.24, 2.45) is 0 Å². The van der Waals surface area contributed by atoms with Crippen molar-refractivity contribution in [2.75, 3.05) is 39.3 Å². The molecule has 1 fully saturated rings. The first-order valence-corrected chi connectivity index (χ1v) is 8.98. The Balaban J connectivity index is 1.71. The predicted octanol–water partition coefficient (Wildman–Crippen LogP) is 2.77. The fraction of sp³-hybridized carbons (Fsp3) is 0.611. The Labute approximate surface area is 158 Å². The Morgan fingerprint density at radius 1 is 1.31 bits per heavy atom. The fourth-order valence-corrected chi connectivity index (χ4v) is 2.67. The molecule has 1 amide bonds. The molecule has 6 nitrogen and oxygen atoms in total. The zero-order valence-electron chi connectivity index (χ0n) is 15.4. The Hall–Kier alpha value is -1.57. The Kier molecular flexibility index (Phi) is 7.08. The fourth-order valence-electron chi connectivity index (χ4n) is 2.55. The predicted molar refractivity (Wildman–Crippen MR) is 97.2 cm³/mol. The molecular weight excluding hydrogens is 363 g/mol. The topological polar surface area (TPSA) is 62.2 Å². The number of hydrogen-bond donors (Lipinski definition) is 1. The number of halogens is 2. The van der Waals surface area contributed by atoms with Crippen LogP contribution in [0.2, 0.25) is 5.02 Å². The molecular formula is C18H26ClFN2O4. The minimum absolute atomic E-state index is 0.0285. The minimum atomic E-state index is -0.721. The number of aliphatic hydroxyl groups is 1. The van der Waals surface area contributed by atoms with Crippen LogP contribution >= 0.6 is 11.6 Å². The third-order valence-electron chi connectivity index (χ3n) is 3.83. The van der Waals surface area contributed by atoms with Gasteiger partial charge in [0, 0.05) is 38.8 Å². The van der Waals surface area contributed by atoms with Crippen LogP contribution in [0.1, 0.15) is 20.8 Å². The van der Waals surface area contributed by atoms with Crippen LogP contribution in [0.4, 0.5) is 9.18 Å². The first kappa shape index (κ1) is 20.7. The number of carbonyl (C=O) groups excluding carboxylic acids is 1. The maximum Gasteiger partial charge on any atom is 0.410 e. The lowest BCUT2D eigenvalue weighted by Gasteiger charge is -2.36. The summed E-state index contributed by atoms with van der Waals surface area (Å²) in [4.78, 5) is 15.7. The van der Waals surface area contributed by atoms with Crippen LogP contribution in [0.25, 0.3) is 0 Å². The number of ether oxygens (including phenoxy) is 2. The summed E-state index contributed by atoms with van der Waals surface area (Å²) in [5.41, 5.74) is -0.511. The molecule has 1 N–H and O–H groups in total. The zero-order valence-corrected chi connectivity index (χ0v) is 16.1. The van der Waals surface area contributed by atoms with Crippen LogP contribution < -0.4 is 4.74 Å². The molecule has 2 rings (SSSR count). The molecule has 1 saturated heterocycles. The number of hydrogen-bond acceptors (Lipinski definition) is 5. The van der Waals surface area contributed by atoms with E-state index >= 15 is 0 Å². The van der Waals surface area contributed by atoms with Crippen LogP contribution in [0.3, 0.4) is 0 Å². The van der Waals surface area contributed by atoms with Crippen molar-refractivity contribution in [2.45, 2.75) is 32.5 Å². The van der Waals surface area contributed by atoms with E-state index in [0.29, 0.717) is 38.5 Å². The van der Waals surface area contributed by atoms with E-state index < -0.39 is 17.5 Å². The van der Waals surface area contributed by atoms with E-state index in [4.69, 9.17) is 21.1 Å². The third kappa shape index (κ3) is 6.63. The Morgan fingerprint density at radius 2 is 1.96 bits per heavy atom. The normalized spacial score (nSPS) is 17.1. The maximum atomic E-state index is 13.4. The summed E-state index contributed by atoms with van der Waals surface area (Å²) in [6, 6.07) is 4.15. The molecule has 0 saturated carbocycles. The minimum Gasteiger partial charge on any atom is -0.491 e. The first-order chi connectivity index (χ1) is 12.1. The second-order valence-corrected chi connectivity index (χ2v) is 7.72. The van der Waals surface area contributed by atoms with Crippen LogP contribution in [-0.2, 0) is 4.74 Å². The van der Waals surface area contributed by atoms with Crippen molar-refractivity contribution >= 4 is 17.7 Å². The summed E-state index contributed by atoms with van der Waals surface area (Å²) in [6.07, 6.45) is -1.03. The number of benzene rings is 1. The van der Waals surface area contributed by atoms with Crippen LogP contribution in [0, 0.1) is 5.82 Å². The van der Waals surface area contributed by atoms with Crippen molar-refractivity contribution in [3.8, 4) is 5.75 Å². The third-order valence-corrected chi connectivity index (χ3v) is 4.13. The van der Waals surface area contributed by atoms with Gasteiger partial charge >= 0.3 is 6.09 Å². The molecule has 0 unspecified atom stereocenters. The molecule has 26 heavy (non-hydrogen) atoms. The molecule has 1 aliphatic heterocycles. The first-order valence-electron chi connectivity index (χ1n) is 8.60. The summed E-state index contributed by atoms with van der Waals surface area (Å²) in [6.45, 7) is 8.36. The Bertz CT molecular complexity index is 616. The molecule has 1 aromatic carbocycles. The molecule has 0 spiro atoms. The molecule has 1 aliphatic rings. The number of β-amino-alcohol motifs (C(OH)–C–C–N with tert-alkyl or cyclic N) is 1. The average Bonchev–Trinajstić information content (AvgIpc) is 2.55. The van der Waals surface area contributed by atoms with Gasteiger partial charge in [-0.1, -0.05) is 11.6 Å². The van der Waals surface area contributed by atoms with Crippen LogP contribution in [0.5, 0.6) is 5.75 Å². The van der Waals surface area contributed by atoms with Gasteiger partial charge < -0.3 is 19.5 Å². The molecule has 8 heteroatoms. The van der Waals surface area contributed by atoms with Gasteiger partial charge in [0.05, 0.1) is 5.02 Å². The lowest BCUT2D eigenvalue weighted by Crippen LogP contribution is -2.51. The highest BCUT2D eigenvalue weighted by Gasteiger charge is 2.26. The van der Waals surface area contributed by atoms with Crippen molar-refractivity contribution in [1.29, 1.82) is 0 Å². The second kappa shape index (κ2) is 8.88. The standard InChI is InChI=1S/C18H26ClFN2O4/c1-18(2,3)26-17(24)22-8-6-21(7-9-22)11-13(23)12-25-14-4-5-15(19)16(20)10-14/h4-5,10,13,23H,6-9,11-12H2,1-3H3/t13-/m0/s1. The highest BCUT2D eigenvalue weighted by molar-refractivity contribution is 6.30. The number of piperazine rings is 1. The monoisotopic (exact) mass is 388 g/mol. The van der Waals surface area contributed by atoms with E-state index in [1.807, 2.05) is 20.8 Å². The van der Waals surface area contributed by atoms with Gasteiger partial charge in [0.2, 0.25) is 0 Å². The van der Waals surface area contributed by atoms with E-state index in [1.54, 1.807) is 11.0 Å². The van der Waals surface area contributed by atoms with E-state index in [2.05, 4.69) is 4.90 Å². The second-order valence-electron chi connectivity index (χ2n) is 7.31. The number of nitrogens with zero attached hydrogens (tertiary/aromatic N) is 2. The van der Waals surface area contributed by atoms with Gasteiger partial charge in [0.15, 0.2) is 0 Å². The van der Waals surface area contributed by atoms with Crippen LogP contribution in [0.15, 0.2) is 18.2 Å². The zero-order chi connectivity index (χ0) is 19.3. The van der Waals surface area contributed by atoms with Crippen LogP contribution in [-0.4, -0.2) is 72.0 Å². The van der Waals surface area contributed by atoms with E-state index in [-0.39, 0.29) is 17.7 Å². The van der Waals surface area contributed by atoms with Crippen molar-refractivity contribution < 1.29 is 23.8 Å². The largest absolute Gasteiger partial charge is 0.491 e. The average molecular weight is 389 g/mol. The van der Waals surface area contributed by atoms with Crippen molar-refractivity contribution in [1.82, 2.24) is 9.80 Å². The lowest BCUT2D eigenvalue weighted by molar-refractivity contribution is 0.00711. The summed E-state index contributed by atoms with van der Waals surface area (Å²) in [5.74, 6) is -0.238. The van der Waals surface area contributed by atoms with Gasteiger partial charge in [-0.2, -0.15) is 0 Å². The van der Waals surface area contributed by atoms with Gasteiger partial charge in [0.25, 0.3) is 0 Å². The molecule has 0 aliphatic carbocycles. The highest BCUT2D eigenvalue weighted by Crippen LogP contribution is 2.20. The molecule has 0 aromatic heterocycles. The van der Waals surface area contributed by atoms with E-state index in [1.165, 1.54) is 12.1 Å². The molecule has 0 bridgehead atoms. The SMILES string of the molecule is CC(C)(C)OC(=O)N1CCN(C[C@H](O)COc2ccc(Cl)c(F)c2)CC1. The summed E-state index contributed by atoms with van der Waals surface area (Å²) < 4.78 is 24.1. The van der Waals surface area contributed by atoms with Crippen molar-refractivity contribution in [3.05, 3.63) is 29.0 Å². The highest BCUT2D eigenvalue weighted by atomic mass is 35.5. The number of aliphatic hydroxyl groups excluding tert-OH is 1. The van der Waals surface area contributed by atoms with Gasteiger partial charge in [-0.3, -0.25) is 4.90 Å². The number of carbonyl (C=O) groups is 1. The number of rotatable bonds is 5. The van der Waals surface area contributed by atoms with Crippen molar-refractivity contribution in [3.63, 3.8) is 0 Å². The summed E-state index contributed by atoms with van der Waals surface area (Å²) in [5, 5.41) is 10.2. The maximum absolute atomic E-state index is 13.4. The Morgan fingerprint density at radius 3 is 2.54 bits per heavy atom. The summed E-state index contributed by atoms with van der Waals surface area (Å²) in [7, 11) is 0. The molecule has 1 heterocycles. The molecule has 1 aromatic rings. The molecule has 146 valence electrons. The molecule has 1 atom stereocenters. The quantitative estimate of drug-likeness (QED) is 0.840. The van der Waals surface area contributed by atoms with Gasteiger partial charge in [-0.15, -0.1) is 0 Å². The lowest BCUT2D eigenvalue weighted by atomic mass is 10.2. The number of amides is 1. The van der Waals surface area contributed by atoms with Gasteiger partial charge in [-0.25, -0.2) is 9.18 Å². The summed E-state index contributed by atoms with van der Waals surface area (Å²) >= 11 is 5.62. The van der Waals surface area contributed by atoms with Gasteiger partial charge in [-0.05, 0) is 32.9 Å². The van der Waals surface area contributed by atoms with E-state index in [0.717, 1.165) is 0 Å². The molecule has 0 radical (unpaired) electrons. The van der Waals surface area contributed by atoms with E-state index in [9.17, 15) is 14.3 Å². The van der Waals surface area contributed by atoms with Gasteiger partial charge in [0.1, 0.15) is 29.9 Å². The smallest absolute Gasteiger partial charge is 0.410 e.